The molecule has 0 aromatic rings. The van der Waals surface area contributed by atoms with Crippen LogP contribution in [-0.4, -0.2) is 42.4 Å². The molecule has 3 rings (SSSR count). The van der Waals surface area contributed by atoms with Crippen molar-refractivity contribution in [2.24, 2.45) is 17.1 Å². The zero-order valence-electron chi connectivity index (χ0n) is 14.2. The Balaban J connectivity index is 1.42. The number of likely N-dealkylation sites (tertiary alicyclic amines) is 1. The number of hydrogen-bond acceptors (Lipinski definition) is 3. The van der Waals surface area contributed by atoms with E-state index >= 15 is 0 Å². The second-order valence-corrected chi connectivity index (χ2v) is 7.88. The number of nitrogens with two attached hydrogens (primary N) is 1. The van der Waals surface area contributed by atoms with Crippen LogP contribution < -0.4 is 11.1 Å². The van der Waals surface area contributed by atoms with E-state index < -0.39 is 0 Å². The molecule has 0 atom stereocenters. The highest BCUT2D eigenvalue weighted by Gasteiger charge is 2.36. The Hall–Kier alpha value is -1.10. The minimum atomic E-state index is 0.0327. The minimum absolute atomic E-state index is 0.0327. The fraction of sp³-hybridized carbons (Fsp3) is 0.889. The van der Waals surface area contributed by atoms with Gasteiger partial charge in [-0.15, -0.1) is 0 Å². The summed E-state index contributed by atoms with van der Waals surface area (Å²) in [6, 6.07) is 0.226. The molecule has 1 saturated heterocycles. The molecule has 0 spiro atoms. The van der Waals surface area contributed by atoms with Crippen LogP contribution in [0.3, 0.4) is 0 Å². The molecule has 3 N–H and O–H groups in total. The summed E-state index contributed by atoms with van der Waals surface area (Å²) in [4.78, 5) is 26.5. The SMILES string of the molecule is NCC1(CC(=O)NC2CCN(C(=O)C3CC3)CC2)CCCCC1. The molecule has 3 fully saturated rings. The topological polar surface area (TPSA) is 75.4 Å². The first kappa shape index (κ1) is 16.7. The van der Waals surface area contributed by atoms with Gasteiger partial charge in [0.05, 0.1) is 0 Å². The molecule has 3 aliphatic rings. The lowest BCUT2D eigenvalue weighted by atomic mass is 9.71. The van der Waals surface area contributed by atoms with Crippen LogP contribution >= 0.6 is 0 Å². The zero-order chi connectivity index (χ0) is 16.3. The van der Waals surface area contributed by atoms with Crippen LogP contribution in [0.4, 0.5) is 0 Å². The first-order valence-electron chi connectivity index (χ1n) is 9.40. The van der Waals surface area contributed by atoms with Crippen molar-refractivity contribution in [2.75, 3.05) is 19.6 Å². The van der Waals surface area contributed by atoms with Gasteiger partial charge in [-0.25, -0.2) is 0 Å². The van der Waals surface area contributed by atoms with E-state index in [9.17, 15) is 9.59 Å². The van der Waals surface area contributed by atoms with Crippen molar-refractivity contribution in [3.63, 3.8) is 0 Å². The molecule has 0 bridgehead atoms. The molecule has 130 valence electrons. The first-order valence-corrected chi connectivity index (χ1v) is 9.40. The molecule has 0 aromatic heterocycles. The third kappa shape index (κ3) is 4.25. The van der Waals surface area contributed by atoms with E-state index in [2.05, 4.69) is 5.32 Å². The predicted molar refractivity (Wildman–Crippen MR) is 89.7 cm³/mol. The zero-order valence-corrected chi connectivity index (χ0v) is 14.2. The van der Waals surface area contributed by atoms with Gasteiger partial charge >= 0.3 is 0 Å². The Kier molecular flexibility index (Phi) is 5.24. The number of nitrogens with one attached hydrogen (secondary N) is 1. The number of nitrogens with zero attached hydrogens (tertiary/aromatic N) is 1. The van der Waals surface area contributed by atoms with Gasteiger partial charge < -0.3 is 16.0 Å². The third-order valence-corrected chi connectivity index (χ3v) is 5.98. The van der Waals surface area contributed by atoms with E-state index in [1.807, 2.05) is 4.90 Å². The lowest BCUT2D eigenvalue weighted by Gasteiger charge is -2.37. The molecule has 0 aromatic carbocycles. The summed E-state index contributed by atoms with van der Waals surface area (Å²) in [5.41, 5.74) is 6.01. The Morgan fingerprint density at radius 1 is 1.04 bits per heavy atom. The molecule has 0 radical (unpaired) electrons. The van der Waals surface area contributed by atoms with Crippen LogP contribution in [-0.2, 0) is 9.59 Å². The van der Waals surface area contributed by atoms with Crippen LogP contribution in [0.2, 0.25) is 0 Å². The third-order valence-electron chi connectivity index (χ3n) is 5.98. The van der Waals surface area contributed by atoms with Crippen LogP contribution in [0.15, 0.2) is 0 Å². The number of rotatable bonds is 5. The number of carbonyl (C=O) groups excluding carboxylic acids is 2. The van der Waals surface area contributed by atoms with Crippen molar-refractivity contribution in [2.45, 2.75) is 70.3 Å². The van der Waals surface area contributed by atoms with Gasteiger partial charge in [-0.2, -0.15) is 0 Å². The number of amides is 2. The quantitative estimate of drug-likeness (QED) is 0.811. The monoisotopic (exact) mass is 321 g/mol. The standard InChI is InChI=1S/C18H31N3O2/c19-13-18(8-2-1-3-9-18)12-16(22)20-15-6-10-21(11-7-15)17(23)14-4-5-14/h14-15H,1-13,19H2,(H,20,22). The average molecular weight is 321 g/mol. The smallest absolute Gasteiger partial charge is 0.225 e. The van der Waals surface area contributed by atoms with Gasteiger partial charge in [0, 0.05) is 31.5 Å². The fourth-order valence-corrected chi connectivity index (χ4v) is 4.21. The van der Waals surface area contributed by atoms with Crippen molar-refractivity contribution < 1.29 is 9.59 Å². The van der Waals surface area contributed by atoms with E-state index in [0.29, 0.717) is 24.8 Å². The molecule has 23 heavy (non-hydrogen) atoms. The van der Waals surface area contributed by atoms with Gasteiger partial charge in [-0.05, 0) is 50.5 Å². The summed E-state index contributed by atoms with van der Waals surface area (Å²) in [7, 11) is 0. The minimum Gasteiger partial charge on any atom is -0.353 e. The van der Waals surface area contributed by atoms with Gasteiger partial charge in [-0.1, -0.05) is 19.3 Å². The Morgan fingerprint density at radius 3 is 2.26 bits per heavy atom. The maximum absolute atomic E-state index is 12.4. The summed E-state index contributed by atoms with van der Waals surface area (Å²) < 4.78 is 0. The van der Waals surface area contributed by atoms with Gasteiger partial charge in [0.1, 0.15) is 0 Å². The van der Waals surface area contributed by atoms with E-state index in [4.69, 9.17) is 5.73 Å². The van der Waals surface area contributed by atoms with Gasteiger partial charge in [-0.3, -0.25) is 9.59 Å². The highest BCUT2D eigenvalue weighted by Crippen LogP contribution is 2.38. The van der Waals surface area contributed by atoms with Gasteiger partial charge in [0.25, 0.3) is 0 Å². The van der Waals surface area contributed by atoms with Crippen molar-refractivity contribution in [3.05, 3.63) is 0 Å². The molecular weight excluding hydrogens is 290 g/mol. The largest absolute Gasteiger partial charge is 0.353 e. The Bertz CT molecular complexity index is 434. The Labute approximate surface area is 139 Å². The van der Waals surface area contributed by atoms with Crippen LogP contribution in [0, 0.1) is 11.3 Å². The summed E-state index contributed by atoms with van der Waals surface area (Å²) >= 11 is 0. The second-order valence-electron chi connectivity index (χ2n) is 7.88. The summed E-state index contributed by atoms with van der Waals surface area (Å²) in [5.74, 6) is 0.792. The van der Waals surface area contributed by atoms with E-state index in [-0.39, 0.29) is 17.4 Å². The number of piperidine rings is 1. The predicted octanol–water partition coefficient (Wildman–Crippen LogP) is 1.80. The van der Waals surface area contributed by atoms with Crippen LogP contribution in [0.5, 0.6) is 0 Å². The lowest BCUT2D eigenvalue weighted by molar-refractivity contribution is -0.133. The van der Waals surface area contributed by atoms with E-state index in [1.54, 1.807) is 0 Å². The summed E-state index contributed by atoms with van der Waals surface area (Å²) in [5, 5.41) is 3.20. The molecule has 2 aliphatic carbocycles. The van der Waals surface area contributed by atoms with Crippen molar-refractivity contribution in [1.82, 2.24) is 10.2 Å². The highest BCUT2D eigenvalue weighted by atomic mass is 16.2. The van der Waals surface area contributed by atoms with Crippen molar-refractivity contribution >= 4 is 11.8 Å². The van der Waals surface area contributed by atoms with Crippen LogP contribution in [0.25, 0.3) is 0 Å². The fourth-order valence-electron chi connectivity index (χ4n) is 4.21. The molecule has 1 heterocycles. The molecule has 2 saturated carbocycles. The molecule has 0 unspecified atom stereocenters. The van der Waals surface area contributed by atoms with Crippen LogP contribution in [0.1, 0.15) is 64.2 Å². The molecule has 5 heteroatoms. The van der Waals surface area contributed by atoms with Gasteiger partial charge in [0.2, 0.25) is 11.8 Å². The average Bonchev–Trinajstić information content (AvgIpc) is 3.40. The maximum atomic E-state index is 12.4. The number of carbonyl (C=O) groups is 2. The molecule has 2 amide bonds. The normalized spacial score (nSPS) is 25.2. The summed E-state index contributed by atoms with van der Waals surface area (Å²) in [6.07, 6.45) is 10.3. The summed E-state index contributed by atoms with van der Waals surface area (Å²) in [6.45, 7) is 2.21. The molecule has 1 aliphatic heterocycles. The Morgan fingerprint density at radius 2 is 1.70 bits per heavy atom. The first-order chi connectivity index (χ1) is 11.1. The second kappa shape index (κ2) is 7.20. The maximum Gasteiger partial charge on any atom is 0.225 e. The van der Waals surface area contributed by atoms with Crippen molar-refractivity contribution in [3.8, 4) is 0 Å². The highest BCUT2D eigenvalue weighted by molar-refractivity contribution is 5.81. The van der Waals surface area contributed by atoms with E-state index in [1.165, 1.54) is 19.3 Å². The lowest BCUT2D eigenvalue weighted by Crippen LogP contribution is -2.48. The van der Waals surface area contributed by atoms with E-state index in [0.717, 1.165) is 51.6 Å². The number of hydrogen-bond donors (Lipinski definition) is 2. The van der Waals surface area contributed by atoms with Gasteiger partial charge in [0.15, 0.2) is 0 Å². The van der Waals surface area contributed by atoms with Crippen molar-refractivity contribution in [1.29, 1.82) is 0 Å². The molecule has 5 nitrogen and oxygen atoms in total. The molecular formula is C18H31N3O2.